The smallest absolute Gasteiger partial charge is 0.348 e. The lowest BCUT2D eigenvalue weighted by Crippen LogP contribution is -2.29. The van der Waals surface area contributed by atoms with Crippen LogP contribution in [0.2, 0.25) is 5.15 Å². The second kappa shape index (κ2) is 8.10. The minimum Gasteiger partial charge on any atom is -0.459 e. The number of thioether (sulfide) groups is 1. The molecule has 0 bridgehead atoms. The van der Waals surface area contributed by atoms with E-state index in [1.807, 2.05) is 11.8 Å². The van der Waals surface area contributed by atoms with Crippen LogP contribution in [0.4, 0.5) is 0 Å². The van der Waals surface area contributed by atoms with E-state index in [1.54, 1.807) is 13.8 Å². The fourth-order valence-electron chi connectivity index (χ4n) is 2.78. The number of carbonyl (C=O) groups excluding carboxylic acids is 2. The fraction of sp³-hybridized carbons (Fsp3) is 0.529. The first kappa shape index (κ1) is 19.4. The van der Waals surface area contributed by atoms with Crippen LogP contribution in [0.25, 0.3) is 10.2 Å². The molecule has 1 amide bonds. The second-order valence-corrected chi connectivity index (χ2v) is 8.66. The van der Waals surface area contributed by atoms with Gasteiger partial charge >= 0.3 is 5.97 Å². The van der Waals surface area contributed by atoms with Gasteiger partial charge in [-0.05, 0) is 39.2 Å². The van der Waals surface area contributed by atoms with E-state index in [4.69, 9.17) is 16.3 Å². The van der Waals surface area contributed by atoms with Crippen LogP contribution in [-0.2, 0) is 9.53 Å². The van der Waals surface area contributed by atoms with Crippen molar-refractivity contribution in [1.82, 2.24) is 14.9 Å². The number of likely N-dealkylation sites (tertiary alicyclic amines) is 1. The molecule has 0 N–H and O–H groups in total. The van der Waals surface area contributed by atoms with Crippen LogP contribution in [0.1, 0.15) is 41.9 Å². The number of rotatable bonds is 5. The van der Waals surface area contributed by atoms with E-state index in [2.05, 4.69) is 9.97 Å². The zero-order chi connectivity index (χ0) is 18.8. The highest BCUT2D eigenvalue weighted by Gasteiger charge is 2.23. The summed E-state index contributed by atoms with van der Waals surface area (Å²) in [5.74, 6) is -0.0000882. The van der Waals surface area contributed by atoms with E-state index >= 15 is 0 Å². The molecule has 1 aliphatic heterocycles. The van der Waals surface area contributed by atoms with Crippen molar-refractivity contribution in [1.29, 1.82) is 0 Å². The van der Waals surface area contributed by atoms with Crippen LogP contribution in [0, 0.1) is 6.92 Å². The van der Waals surface area contributed by atoms with E-state index in [-0.39, 0.29) is 23.7 Å². The van der Waals surface area contributed by atoms with Crippen molar-refractivity contribution in [2.45, 2.75) is 44.9 Å². The van der Waals surface area contributed by atoms with E-state index in [0.29, 0.717) is 25.4 Å². The first-order chi connectivity index (χ1) is 12.4. The van der Waals surface area contributed by atoms with Gasteiger partial charge in [0.05, 0.1) is 17.2 Å². The standard InChI is InChI=1S/C17H20ClN3O3S2/c1-9(2)24-16(23)13-10(3)12-14(18)19-17(20-15(12)26-13)25-8-11(22)21-6-4-5-7-21/h9H,4-8H2,1-3H3. The van der Waals surface area contributed by atoms with E-state index < -0.39 is 0 Å². The number of thiophene rings is 1. The maximum absolute atomic E-state index is 12.2. The van der Waals surface area contributed by atoms with Crippen molar-refractivity contribution in [3.63, 3.8) is 0 Å². The summed E-state index contributed by atoms with van der Waals surface area (Å²) in [6.45, 7) is 7.07. The molecule has 2 aromatic heterocycles. The van der Waals surface area contributed by atoms with Crippen molar-refractivity contribution in [3.8, 4) is 0 Å². The number of hydrogen-bond donors (Lipinski definition) is 0. The lowest BCUT2D eigenvalue weighted by atomic mass is 10.2. The molecule has 1 saturated heterocycles. The summed E-state index contributed by atoms with van der Waals surface area (Å²) in [4.78, 5) is 36.2. The van der Waals surface area contributed by atoms with Gasteiger partial charge in [-0.1, -0.05) is 23.4 Å². The van der Waals surface area contributed by atoms with E-state index in [1.165, 1.54) is 23.1 Å². The third-order valence-electron chi connectivity index (χ3n) is 4.04. The molecule has 3 heterocycles. The number of fused-ring (bicyclic) bond motifs is 1. The van der Waals surface area contributed by atoms with Crippen LogP contribution in [0.5, 0.6) is 0 Å². The lowest BCUT2D eigenvalue weighted by molar-refractivity contribution is -0.127. The zero-order valence-corrected chi connectivity index (χ0v) is 17.3. The van der Waals surface area contributed by atoms with Crippen molar-refractivity contribution in [2.24, 2.45) is 0 Å². The first-order valence-corrected chi connectivity index (χ1v) is 10.6. The molecule has 1 aliphatic rings. The van der Waals surface area contributed by atoms with Crippen molar-refractivity contribution in [2.75, 3.05) is 18.8 Å². The second-order valence-electron chi connectivity index (χ2n) is 6.36. The summed E-state index contributed by atoms with van der Waals surface area (Å²) >= 11 is 8.84. The number of aromatic nitrogens is 2. The fourth-order valence-corrected chi connectivity index (χ4v) is 5.07. The topological polar surface area (TPSA) is 72.4 Å². The molecule has 0 saturated carbocycles. The molecule has 9 heteroatoms. The minimum absolute atomic E-state index is 0.0934. The van der Waals surface area contributed by atoms with Gasteiger partial charge in [0.25, 0.3) is 0 Å². The number of hydrogen-bond acceptors (Lipinski definition) is 7. The monoisotopic (exact) mass is 413 g/mol. The number of nitrogens with zero attached hydrogens (tertiary/aromatic N) is 3. The number of esters is 1. The Kier molecular flexibility index (Phi) is 6.04. The van der Waals surface area contributed by atoms with Gasteiger partial charge in [-0.2, -0.15) is 0 Å². The predicted molar refractivity (Wildman–Crippen MR) is 104 cm³/mol. The Morgan fingerprint density at radius 1 is 1.31 bits per heavy atom. The third kappa shape index (κ3) is 4.13. The first-order valence-electron chi connectivity index (χ1n) is 8.45. The molecule has 0 aliphatic carbocycles. The van der Waals surface area contributed by atoms with Crippen LogP contribution >= 0.6 is 34.7 Å². The quantitative estimate of drug-likeness (QED) is 0.320. The van der Waals surface area contributed by atoms with Crippen LogP contribution in [0.15, 0.2) is 5.16 Å². The Labute approximate surface area is 165 Å². The van der Waals surface area contributed by atoms with Gasteiger partial charge in [0.1, 0.15) is 14.9 Å². The molecule has 0 atom stereocenters. The Bertz CT molecular complexity index is 847. The van der Waals surface area contributed by atoms with Gasteiger partial charge in [0.15, 0.2) is 5.16 Å². The molecule has 140 valence electrons. The highest BCUT2D eigenvalue weighted by atomic mass is 35.5. The highest BCUT2D eigenvalue weighted by Crippen LogP contribution is 2.35. The maximum atomic E-state index is 12.2. The normalized spacial score (nSPS) is 14.4. The van der Waals surface area contributed by atoms with Crippen LogP contribution in [-0.4, -0.2) is 51.7 Å². The van der Waals surface area contributed by atoms with Gasteiger partial charge in [-0.25, -0.2) is 14.8 Å². The molecule has 2 aromatic rings. The third-order valence-corrected chi connectivity index (χ3v) is 6.31. The summed E-state index contributed by atoms with van der Waals surface area (Å²) in [5, 5.41) is 1.41. The molecule has 0 spiro atoms. The van der Waals surface area contributed by atoms with Gasteiger partial charge < -0.3 is 9.64 Å². The molecular weight excluding hydrogens is 394 g/mol. The van der Waals surface area contributed by atoms with E-state index in [9.17, 15) is 9.59 Å². The predicted octanol–water partition coefficient (Wildman–Crippen LogP) is 3.93. The Hall–Kier alpha value is -1.38. The van der Waals surface area contributed by atoms with Gasteiger partial charge in [-0.15, -0.1) is 11.3 Å². The number of ether oxygens (including phenoxy) is 1. The van der Waals surface area contributed by atoms with Gasteiger partial charge in [0, 0.05) is 13.1 Å². The number of halogens is 1. The molecule has 0 aromatic carbocycles. The molecule has 6 nitrogen and oxygen atoms in total. The largest absolute Gasteiger partial charge is 0.459 e. The van der Waals surface area contributed by atoms with Crippen LogP contribution < -0.4 is 0 Å². The average molecular weight is 414 g/mol. The Morgan fingerprint density at radius 3 is 2.65 bits per heavy atom. The summed E-state index contributed by atoms with van der Waals surface area (Å²) in [5.41, 5.74) is 0.727. The van der Waals surface area contributed by atoms with E-state index in [0.717, 1.165) is 31.5 Å². The molecule has 26 heavy (non-hydrogen) atoms. The summed E-state index contributed by atoms with van der Waals surface area (Å²) in [7, 11) is 0. The SMILES string of the molecule is Cc1c(C(=O)OC(C)C)sc2nc(SCC(=O)N3CCCC3)nc(Cl)c12. The Morgan fingerprint density at radius 2 is 2.00 bits per heavy atom. The summed E-state index contributed by atoms with van der Waals surface area (Å²) in [6, 6.07) is 0. The summed E-state index contributed by atoms with van der Waals surface area (Å²) < 4.78 is 5.28. The Balaban J connectivity index is 1.80. The molecule has 3 rings (SSSR count). The molecular formula is C17H20ClN3O3S2. The molecule has 0 unspecified atom stereocenters. The lowest BCUT2D eigenvalue weighted by Gasteiger charge is -2.14. The van der Waals surface area contributed by atoms with Crippen molar-refractivity contribution < 1.29 is 14.3 Å². The molecule has 0 radical (unpaired) electrons. The van der Waals surface area contributed by atoms with Crippen molar-refractivity contribution in [3.05, 3.63) is 15.6 Å². The number of carbonyl (C=O) groups is 2. The van der Waals surface area contributed by atoms with Gasteiger partial charge in [-0.3, -0.25) is 4.79 Å². The summed E-state index contributed by atoms with van der Waals surface area (Å²) in [6.07, 6.45) is 1.93. The highest BCUT2D eigenvalue weighted by molar-refractivity contribution is 7.99. The maximum Gasteiger partial charge on any atom is 0.348 e. The molecule has 1 fully saturated rings. The zero-order valence-electron chi connectivity index (χ0n) is 14.9. The minimum atomic E-state index is -0.380. The average Bonchev–Trinajstić information content (AvgIpc) is 3.20. The van der Waals surface area contributed by atoms with Gasteiger partial charge in [0.2, 0.25) is 5.91 Å². The number of aryl methyl sites for hydroxylation is 1. The number of amides is 1. The van der Waals surface area contributed by atoms with Crippen molar-refractivity contribution >= 4 is 56.8 Å². The van der Waals surface area contributed by atoms with Crippen LogP contribution in [0.3, 0.4) is 0 Å².